The zero-order valence-electron chi connectivity index (χ0n) is 11.9. The molecule has 0 N–H and O–H groups in total. The summed E-state index contributed by atoms with van der Waals surface area (Å²) in [6, 6.07) is 0. The first kappa shape index (κ1) is 13.8. The first-order chi connectivity index (χ1) is 8.15. The molecular weight excluding hydrogens is 224 g/mol. The lowest BCUT2D eigenvalue weighted by Gasteiger charge is -2.28. The molecule has 2 rings (SSSR count). The molecule has 2 aliphatic rings. The molecule has 1 unspecified atom stereocenters. The van der Waals surface area contributed by atoms with Crippen LogP contribution in [0.25, 0.3) is 0 Å². The van der Waals surface area contributed by atoms with Crippen LogP contribution in [0.2, 0.25) is 0 Å². The second-order valence-corrected chi connectivity index (χ2v) is 7.13. The van der Waals surface area contributed by atoms with Crippen molar-refractivity contribution in [1.82, 2.24) is 0 Å². The summed E-state index contributed by atoms with van der Waals surface area (Å²) in [6.07, 6.45) is 10.3. The first-order valence-corrected chi connectivity index (χ1v) is 8.39. The molecule has 0 nitrogen and oxygen atoms in total. The number of thiol groups is 1. The number of hydrogen-bond acceptors (Lipinski definition) is 1. The van der Waals surface area contributed by atoms with Gasteiger partial charge in [0.25, 0.3) is 0 Å². The SMILES string of the molecule is CCC1CCC(CC2[C@H](CC)[C@@]2(C)CS)CC1. The van der Waals surface area contributed by atoms with Crippen LogP contribution in [0.3, 0.4) is 0 Å². The molecule has 0 bridgehead atoms. The Morgan fingerprint density at radius 1 is 0.941 bits per heavy atom. The van der Waals surface area contributed by atoms with Gasteiger partial charge in [0.2, 0.25) is 0 Å². The molecule has 2 saturated carbocycles. The van der Waals surface area contributed by atoms with Crippen LogP contribution in [0.15, 0.2) is 0 Å². The van der Waals surface area contributed by atoms with Crippen LogP contribution in [-0.4, -0.2) is 5.75 Å². The molecule has 3 atom stereocenters. The molecule has 0 amide bonds. The van der Waals surface area contributed by atoms with Gasteiger partial charge in [-0.05, 0) is 41.3 Å². The van der Waals surface area contributed by atoms with E-state index < -0.39 is 0 Å². The molecule has 0 aromatic heterocycles. The summed E-state index contributed by atoms with van der Waals surface area (Å²) in [4.78, 5) is 0. The lowest BCUT2D eigenvalue weighted by molar-refractivity contribution is 0.243. The largest absolute Gasteiger partial charge is 0.179 e. The highest BCUT2D eigenvalue weighted by atomic mass is 32.1. The highest BCUT2D eigenvalue weighted by Crippen LogP contribution is 2.63. The van der Waals surface area contributed by atoms with Crippen molar-refractivity contribution in [2.24, 2.45) is 29.1 Å². The molecule has 17 heavy (non-hydrogen) atoms. The van der Waals surface area contributed by atoms with Gasteiger partial charge in [-0.1, -0.05) is 59.3 Å². The fourth-order valence-electron chi connectivity index (χ4n) is 4.42. The van der Waals surface area contributed by atoms with Crippen LogP contribution < -0.4 is 0 Å². The van der Waals surface area contributed by atoms with E-state index in [0.717, 1.165) is 29.4 Å². The highest BCUT2D eigenvalue weighted by molar-refractivity contribution is 7.80. The van der Waals surface area contributed by atoms with E-state index in [-0.39, 0.29) is 0 Å². The predicted molar refractivity (Wildman–Crippen MR) is 79.6 cm³/mol. The second-order valence-electron chi connectivity index (χ2n) is 6.82. The van der Waals surface area contributed by atoms with Crippen molar-refractivity contribution in [1.29, 1.82) is 0 Å². The maximum atomic E-state index is 4.58. The Morgan fingerprint density at radius 2 is 1.53 bits per heavy atom. The minimum Gasteiger partial charge on any atom is -0.179 e. The number of hydrogen-bond donors (Lipinski definition) is 1. The zero-order chi connectivity index (χ0) is 12.5. The lowest BCUT2D eigenvalue weighted by Crippen LogP contribution is -2.15. The van der Waals surface area contributed by atoms with Gasteiger partial charge in [-0.2, -0.15) is 12.6 Å². The molecule has 0 aromatic rings. The average Bonchev–Trinajstić information content (AvgIpc) is 2.95. The van der Waals surface area contributed by atoms with Crippen LogP contribution in [-0.2, 0) is 0 Å². The second kappa shape index (κ2) is 5.55. The average molecular weight is 254 g/mol. The Hall–Kier alpha value is 0.350. The zero-order valence-corrected chi connectivity index (χ0v) is 12.8. The minimum absolute atomic E-state index is 0.583. The fourth-order valence-corrected chi connectivity index (χ4v) is 4.89. The van der Waals surface area contributed by atoms with Crippen molar-refractivity contribution >= 4 is 12.6 Å². The molecule has 0 radical (unpaired) electrons. The molecule has 2 aliphatic carbocycles. The van der Waals surface area contributed by atoms with Gasteiger partial charge >= 0.3 is 0 Å². The first-order valence-electron chi connectivity index (χ1n) is 7.76. The summed E-state index contributed by atoms with van der Waals surface area (Å²) >= 11 is 4.58. The van der Waals surface area contributed by atoms with E-state index in [1.54, 1.807) is 0 Å². The van der Waals surface area contributed by atoms with Gasteiger partial charge in [0.1, 0.15) is 0 Å². The number of rotatable bonds is 5. The van der Waals surface area contributed by atoms with E-state index >= 15 is 0 Å². The Labute approximate surface area is 113 Å². The maximum absolute atomic E-state index is 4.58. The van der Waals surface area contributed by atoms with Gasteiger partial charge in [-0.25, -0.2) is 0 Å². The van der Waals surface area contributed by atoms with Gasteiger partial charge in [0.15, 0.2) is 0 Å². The van der Waals surface area contributed by atoms with E-state index in [9.17, 15) is 0 Å². The molecule has 0 heterocycles. The van der Waals surface area contributed by atoms with Gasteiger partial charge in [0, 0.05) is 0 Å². The van der Waals surface area contributed by atoms with Gasteiger partial charge in [0.05, 0.1) is 0 Å². The van der Waals surface area contributed by atoms with Gasteiger partial charge < -0.3 is 0 Å². The van der Waals surface area contributed by atoms with Crippen molar-refractivity contribution in [3.8, 4) is 0 Å². The standard InChI is InChI=1S/C16H30S/c1-4-12-6-8-13(9-7-12)10-15-14(5-2)16(15,3)11-17/h12-15,17H,4-11H2,1-3H3/t12?,13?,14-,15?,16+/m0/s1. The van der Waals surface area contributed by atoms with E-state index in [4.69, 9.17) is 0 Å². The van der Waals surface area contributed by atoms with Crippen molar-refractivity contribution in [2.45, 2.75) is 65.7 Å². The maximum Gasteiger partial charge on any atom is -0.00383 e. The van der Waals surface area contributed by atoms with Crippen LogP contribution in [0.4, 0.5) is 0 Å². The monoisotopic (exact) mass is 254 g/mol. The van der Waals surface area contributed by atoms with Gasteiger partial charge in [-0.15, -0.1) is 0 Å². The Kier molecular flexibility index (Phi) is 4.50. The minimum atomic E-state index is 0.583. The Morgan fingerprint density at radius 3 is 1.94 bits per heavy atom. The van der Waals surface area contributed by atoms with E-state index in [0.29, 0.717) is 5.41 Å². The summed E-state index contributed by atoms with van der Waals surface area (Å²) in [5.41, 5.74) is 0.583. The van der Waals surface area contributed by atoms with Crippen LogP contribution in [0.5, 0.6) is 0 Å². The molecule has 0 spiro atoms. The Balaban J connectivity index is 1.79. The molecule has 0 saturated heterocycles. The third-order valence-corrected chi connectivity index (χ3v) is 6.66. The molecule has 0 aliphatic heterocycles. The van der Waals surface area contributed by atoms with E-state index in [2.05, 4.69) is 33.4 Å². The molecule has 100 valence electrons. The third kappa shape index (κ3) is 2.69. The van der Waals surface area contributed by atoms with E-state index in [1.807, 2.05) is 0 Å². The summed E-state index contributed by atoms with van der Waals surface area (Å²) < 4.78 is 0. The highest BCUT2D eigenvalue weighted by Gasteiger charge is 2.58. The predicted octanol–water partition coefficient (Wildman–Crippen LogP) is 5.19. The Bertz CT molecular complexity index is 242. The quantitative estimate of drug-likeness (QED) is 0.642. The normalized spacial score (nSPS) is 45.9. The van der Waals surface area contributed by atoms with Crippen molar-refractivity contribution in [3.05, 3.63) is 0 Å². The third-order valence-electron chi connectivity index (χ3n) is 5.98. The van der Waals surface area contributed by atoms with Crippen LogP contribution in [0.1, 0.15) is 65.7 Å². The van der Waals surface area contributed by atoms with Crippen LogP contribution in [0, 0.1) is 29.1 Å². The smallest absolute Gasteiger partial charge is 0.00383 e. The summed E-state index contributed by atoms with van der Waals surface area (Å²) in [5.74, 6) is 5.15. The summed E-state index contributed by atoms with van der Waals surface area (Å²) in [5, 5.41) is 0. The molecule has 1 heteroatoms. The van der Waals surface area contributed by atoms with Crippen molar-refractivity contribution in [3.63, 3.8) is 0 Å². The lowest BCUT2D eigenvalue weighted by atomic mass is 9.78. The topological polar surface area (TPSA) is 0 Å². The summed E-state index contributed by atoms with van der Waals surface area (Å²) in [6.45, 7) is 7.19. The summed E-state index contributed by atoms with van der Waals surface area (Å²) in [7, 11) is 0. The molecule has 0 aromatic carbocycles. The molecule has 2 fully saturated rings. The molecular formula is C16H30S. The van der Waals surface area contributed by atoms with Crippen LogP contribution >= 0.6 is 12.6 Å². The van der Waals surface area contributed by atoms with Gasteiger partial charge in [-0.3, -0.25) is 0 Å². The van der Waals surface area contributed by atoms with Crippen molar-refractivity contribution in [2.75, 3.05) is 5.75 Å². The van der Waals surface area contributed by atoms with E-state index in [1.165, 1.54) is 44.9 Å². The fraction of sp³-hybridized carbons (Fsp3) is 1.00. The van der Waals surface area contributed by atoms with Crippen molar-refractivity contribution < 1.29 is 0 Å².